The summed E-state index contributed by atoms with van der Waals surface area (Å²) in [6.07, 6.45) is 9.89. The van der Waals surface area contributed by atoms with Crippen molar-refractivity contribution in [3.63, 3.8) is 0 Å². The van der Waals surface area contributed by atoms with E-state index in [1.165, 1.54) is 71.1 Å². The van der Waals surface area contributed by atoms with Crippen molar-refractivity contribution in [1.82, 2.24) is 9.80 Å². The van der Waals surface area contributed by atoms with Crippen molar-refractivity contribution < 1.29 is 0 Å². The second kappa shape index (κ2) is 5.89. The zero-order chi connectivity index (χ0) is 12.4. The van der Waals surface area contributed by atoms with Gasteiger partial charge in [-0.3, -0.25) is 9.80 Å². The first-order valence-electron chi connectivity index (χ1n) is 8.06. The molecule has 2 N–H and O–H groups in total. The minimum atomic E-state index is 0.674. The van der Waals surface area contributed by atoms with Gasteiger partial charge in [0.1, 0.15) is 0 Å². The first kappa shape index (κ1) is 12.9. The molecule has 3 fully saturated rings. The van der Waals surface area contributed by atoms with Gasteiger partial charge in [-0.25, -0.2) is 0 Å². The van der Waals surface area contributed by atoms with Crippen LogP contribution in [0.4, 0.5) is 0 Å². The number of nitrogens with zero attached hydrogens (tertiary/aromatic N) is 2. The van der Waals surface area contributed by atoms with Crippen molar-refractivity contribution in [1.29, 1.82) is 0 Å². The van der Waals surface area contributed by atoms with Gasteiger partial charge in [0.25, 0.3) is 0 Å². The normalized spacial score (nSPS) is 33.5. The van der Waals surface area contributed by atoms with Crippen LogP contribution in [0.15, 0.2) is 0 Å². The zero-order valence-corrected chi connectivity index (χ0v) is 11.7. The summed E-state index contributed by atoms with van der Waals surface area (Å²) in [5.74, 6) is 0.892. The van der Waals surface area contributed by atoms with E-state index in [0.717, 1.165) is 18.5 Å². The van der Waals surface area contributed by atoms with E-state index in [9.17, 15) is 0 Å². The molecule has 0 aromatic carbocycles. The molecule has 18 heavy (non-hydrogen) atoms. The van der Waals surface area contributed by atoms with Crippen molar-refractivity contribution >= 4 is 0 Å². The predicted molar refractivity (Wildman–Crippen MR) is 75.6 cm³/mol. The standard InChI is InChI=1S/C15H29N3/c16-11-15(13-5-1-2-6-13)18-10-4-9-17-8-3-7-14(17)12-18/h13-15H,1-12,16H2. The Kier molecular flexibility index (Phi) is 4.22. The lowest BCUT2D eigenvalue weighted by molar-refractivity contribution is 0.133. The largest absolute Gasteiger partial charge is 0.329 e. The first-order chi connectivity index (χ1) is 8.88. The Hall–Kier alpha value is -0.120. The van der Waals surface area contributed by atoms with E-state index >= 15 is 0 Å². The van der Waals surface area contributed by atoms with Gasteiger partial charge in [0.05, 0.1) is 0 Å². The molecule has 3 nitrogen and oxygen atoms in total. The molecule has 2 unspecified atom stereocenters. The topological polar surface area (TPSA) is 32.5 Å². The predicted octanol–water partition coefficient (Wildman–Crippen LogP) is 1.67. The van der Waals surface area contributed by atoms with Gasteiger partial charge < -0.3 is 5.73 Å². The van der Waals surface area contributed by atoms with Crippen molar-refractivity contribution in [2.75, 3.05) is 32.7 Å². The minimum Gasteiger partial charge on any atom is -0.329 e. The fourth-order valence-electron chi connectivity index (χ4n) is 4.52. The van der Waals surface area contributed by atoms with Gasteiger partial charge in [-0.05, 0) is 57.7 Å². The molecule has 0 bridgehead atoms. The molecule has 3 heteroatoms. The second-order valence-corrected chi connectivity index (χ2v) is 6.53. The SMILES string of the molecule is NCC(C1CCCC1)N1CCCN2CCCC2C1. The summed E-state index contributed by atoms with van der Waals surface area (Å²) in [7, 11) is 0. The molecule has 3 aliphatic rings. The van der Waals surface area contributed by atoms with E-state index in [2.05, 4.69) is 9.80 Å². The lowest BCUT2D eigenvalue weighted by atomic mass is 9.96. The maximum Gasteiger partial charge on any atom is 0.0247 e. The van der Waals surface area contributed by atoms with Crippen LogP contribution in [0.25, 0.3) is 0 Å². The lowest BCUT2D eigenvalue weighted by Crippen LogP contribution is -2.48. The highest BCUT2D eigenvalue weighted by Gasteiger charge is 2.34. The summed E-state index contributed by atoms with van der Waals surface area (Å²) in [5.41, 5.74) is 6.12. The van der Waals surface area contributed by atoms with Crippen LogP contribution in [0, 0.1) is 5.92 Å². The van der Waals surface area contributed by atoms with Gasteiger partial charge in [0.15, 0.2) is 0 Å². The lowest BCUT2D eigenvalue weighted by Gasteiger charge is -2.35. The fraction of sp³-hybridized carbons (Fsp3) is 1.00. The van der Waals surface area contributed by atoms with E-state index in [1.54, 1.807) is 0 Å². The molecule has 0 aromatic heterocycles. The highest BCUT2D eigenvalue weighted by Crippen LogP contribution is 2.31. The van der Waals surface area contributed by atoms with E-state index in [1.807, 2.05) is 0 Å². The van der Waals surface area contributed by atoms with Crippen LogP contribution in [0.2, 0.25) is 0 Å². The summed E-state index contributed by atoms with van der Waals surface area (Å²) in [5, 5.41) is 0. The summed E-state index contributed by atoms with van der Waals surface area (Å²) in [6, 6.07) is 1.51. The molecule has 0 amide bonds. The van der Waals surface area contributed by atoms with E-state index < -0.39 is 0 Å². The summed E-state index contributed by atoms with van der Waals surface area (Å²) in [4.78, 5) is 5.48. The Morgan fingerprint density at radius 3 is 2.50 bits per heavy atom. The third kappa shape index (κ3) is 2.59. The van der Waals surface area contributed by atoms with Crippen LogP contribution in [0.1, 0.15) is 44.9 Å². The molecule has 2 aliphatic heterocycles. The Labute approximate surface area is 112 Å². The molecule has 1 aliphatic carbocycles. The highest BCUT2D eigenvalue weighted by atomic mass is 15.3. The number of nitrogens with two attached hydrogens (primary N) is 1. The molecule has 0 aromatic rings. The number of fused-ring (bicyclic) bond motifs is 1. The second-order valence-electron chi connectivity index (χ2n) is 6.53. The van der Waals surface area contributed by atoms with Crippen LogP contribution >= 0.6 is 0 Å². The van der Waals surface area contributed by atoms with E-state index in [-0.39, 0.29) is 0 Å². The Balaban J connectivity index is 1.65. The molecule has 2 atom stereocenters. The number of hydrogen-bond acceptors (Lipinski definition) is 3. The third-order valence-electron chi connectivity index (χ3n) is 5.49. The maximum atomic E-state index is 6.12. The minimum absolute atomic E-state index is 0.674. The van der Waals surface area contributed by atoms with Crippen LogP contribution in [-0.2, 0) is 0 Å². The van der Waals surface area contributed by atoms with Crippen LogP contribution in [0.5, 0.6) is 0 Å². The van der Waals surface area contributed by atoms with Crippen LogP contribution in [0.3, 0.4) is 0 Å². The van der Waals surface area contributed by atoms with Gasteiger partial charge in [0, 0.05) is 25.2 Å². The average Bonchev–Trinajstić information content (AvgIpc) is 3.00. The molecule has 1 saturated carbocycles. The molecular weight excluding hydrogens is 222 g/mol. The number of rotatable bonds is 3. The smallest absolute Gasteiger partial charge is 0.0247 e. The monoisotopic (exact) mass is 251 g/mol. The Morgan fingerprint density at radius 2 is 1.72 bits per heavy atom. The van der Waals surface area contributed by atoms with E-state index in [4.69, 9.17) is 5.73 Å². The number of hydrogen-bond donors (Lipinski definition) is 1. The Bertz CT molecular complexity index is 262. The van der Waals surface area contributed by atoms with Crippen LogP contribution in [-0.4, -0.2) is 54.6 Å². The summed E-state index contributed by atoms with van der Waals surface area (Å²) < 4.78 is 0. The van der Waals surface area contributed by atoms with E-state index in [0.29, 0.717) is 6.04 Å². The van der Waals surface area contributed by atoms with Gasteiger partial charge >= 0.3 is 0 Å². The molecule has 2 saturated heterocycles. The van der Waals surface area contributed by atoms with Crippen molar-refractivity contribution in [2.24, 2.45) is 11.7 Å². The Morgan fingerprint density at radius 1 is 0.944 bits per heavy atom. The molecule has 3 rings (SSSR count). The fourth-order valence-corrected chi connectivity index (χ4v) is 4.52. The van der Waals surface area contributed by atoms with Crippen molar-refractivity contribution in [2.45, 2.75) is 57.0 Å². The van der Waals surface area contributed by atoms with Crippen molar-refractivity contribution in [3.05, 3.63) is 0 Å². The highest BCUT2D eigenvalue weighted by molar-refractivity contribution is 4.90. The average molecular weight is 251 g/mol. The van der Waals surface area contributed by atoms with Gasteiger partial charge in [-0.15, -0.1) is 0 Å². The summed E-state index contributed by atoms with van der Waals surface area (Å²) >= 11 is 0. The molecule has 2 heterocycles. The van der Waals surface area contributed by atoms with Gasteiger partial charge in [-0.2, -0.15) is 0 Å². The third-order valence-corrected chi connectivity index (χ3v) is 5.49. The zero-order valence-electron chi connectivity index (χ0n) is 11.7. The quantitative estimate of drug-likeness (QED) is 0.828. The molecule has 0 spiro atoms. The maximum absolute atomic E-state index is 6.12. The first-order valence-corrected chi connectivity index (χ1v) is 8.06. The van der Waals surface area contributed by atoms with Crippen LogP contribution < -0.4 is 5.73 Å². The molecular formula is C15H29N3. The summed E-state index contributed by atoms with van der Waals surface area (Å²) in [6.45, 7) is 6.11. The molecule has 0 radical (unpaired) electrons. The van der Waals surface area contributed by atoms with Gasteiger partial charge in [-0.1, -0.05) is 12.8 Å². The van der Waals surface area contributed by atoms with Crippen molar-refractivity contribution in [3.8, 4) is 0 Å². The molecule has 104 valence electrons. The van der Waals surface area contributed by atoms with Gasteiger partial charge in [0.2, 0.25) is 0 Å².